The van der Waals surface area contributed by atoms with Crippen LogP contribution in [0.1, 0.15) is 62.4 Å². The van der Waals surface area contributed by atoms with Gasteiger partial charge in [-0.2, -0.15) is 0 Å². The van der Waals surface area contributed by atoms with Gasteiger partial charge in [0, 0.05) is 25.7 Å². The molecule has 0 radical (unpaired) electrons. The molecule has 0 spiro atoms. The molecule has 0 amide bonds. The Kier molecular flexibility index (Phi) is 15.0. The molecule has 2 aromatic rings. The van der Waals surface area contributed by atoms with Gasteiger partial charge in [0.2, 0.25) is 0 Å². The number of carbonyl (C=O) groups excluding carboxylic acids is 2. The summed E-state index contributed by atoms with van der Waals surface area (Å²) in [7, 11) is 1.92. The summed E-state index contributed by atoms with van der Waals surface area (Å²) in [4.78, 5) is 23.8. The number of hydrogen-bond donors (Lipinski definition) is 1. The van der Waals surface area contributed by atoms with E-state index in [0.717, 1.165) is 66.2 Å². The molecule has 0 unspecified atom stereocenters. The summed E-state index contributed by atoms with van der Waals surface area (Å²) >= 11 is 0. The molecule has 194 valence electrons. The van der Waals surface area contributed by atoms with Crippen LogP contribution in [0.15, 0.2) is 90.5 Å². The average molecular weight is 491 g/mol. The van der Waals surface area contributed by atoms with Gasteiger partial charge in [-0.3, -0.25) is 9.59 Å². The number of hydrogen-bond acceptors (Lipinski definition) is 5. The Labute approximate surface area is 217 Å². The number of Topliss-reactive ketones (excluding diaryl/α,β-unsaturated/α-hetero) is 1. The molecule has 1 N–H and O–H groups in total. The van der Waals surface area contributed by atoms with Crippen molar-refractivity contribution >= 4 is 12.1 Å². The van der Waals surface area contributed by atoms with Crippen molar-refractivity contribution in [3.8, 4) is 5.75 Å². The van der Waals surface area contributed by atoms with Crippen molar-refractivity contribution in [1.29, 1.82) is 0 Å². The zero-order valence-corrected chi connectivity index (χ0v) is 22.5. The van der Waals surface area contributed by atoms with Gasteiger partial charge in [-0.1, -0.05) is 62.9 Å². The van der Waals surface area contributed by atoms with Gasteiger partial charge in [-0.25, -0.2) is 0 Å². The van der Waals surface area contributed by atoms with Crippen LogP contribution in [0.25, 0.3) is 0 Å². The van der Waals surface area contributed by atoms with Crippen molar-refractivity contribution in [3.05, 3.63) is 102 Å². The maximum atomic E-state index is 11.2. The Balaban J connectivity index is 0.000000285. The molecule has 0 bridgehead atoms. The Bertz CT molecular complexity index is 1000. The van der Waals surface area contributed by atoms with Crippen LogP contribution in [0.4, 0.5) is 0 Å². The fraction of sp³-hybridized carbons (Fsp3) is 0.355. The summed E-state index contributed by atoms with van der Waals surface area (Å²) in [5, 5.41) is 3.07. The predicted molar refractivity (Wildman–Crippen MR) is 150 cm³/mol. The van der Waals surface area contributed by atoms with Gasteiger partial charge in [-0.15, -0.1) is 0 Å². The van der Waals surface area contributed by atoms with Crippen molar-refractivity contribution in [3.63, 3.8) is 0 Å². The fourth-order valence-corrected chi connectivity index (χ4v) is 3.44. The quantitative estimate of drug-likeness (QED) is 0.369. The normalized spacial score (nSPS) is 11.8. The van der Waals surface area contributed by atoms with Crippen LogP contribution < -0.4 is 10.1 Å². The van der Waals surface area contributed by atoms with E-state index in [4.69, 9.17) is 4.74 Å². The third-order valence-corrected chi connectivity index (χ3v) is 5.48. The minimum Gasteiger partial charge on any atom is -0.458 e. The second-order valence-electron chi connectivity index (χ2n) is 8.44. The molecular formula is C31H42N2O3. The molecule has 0 aromatic heterocycles. The molecule has 5 heteroatoms. The number of allylic oxidation sites excluding steroid dienone is 3. The number of aldehydes is 1. The molecule has 0 saturated heterocycles. The highest BCUT2D eigenvalue weighted by Gasteiger charge is 2.10. The number of benzene rings is 2. The number of nitrogens with one attached hydrogen (secondary N) is 1. The number of para-hydroxylation sites is 1. The molecule has 0 aliphatic heterocycles. The van der Waals surface area contributed by atoms with E-state index in [1.165, 1.54) is 12.8 Å². The van der Waals surface area contributed by atoms with Crippen LogP contribution in [0.2, 0.25) is 0 Å². The Hall–Kier alpha value is -3.60. The van der Waals surface area contributed by atoms with Crippen LogP contribution in [-0.2, 0) is 4.79 Å². The molecule has 2 aromatic carbocycles. The first-order valence-electron chi connectivity index (χ1n) is 12.6. The Morgan fingerprint density at radius 2 is 1.67 bits per heavy atom. The molecular weight excluding hydrogens is 448 g/mol. The van der Waals surface area contributed by atoms with E-state index in [1.807, 2.05) is 80.7 Å². The lowest BCUT2D eigenvalue weighted by Gasteiger charge is -2.25. The number of nitrogens with zero attached hydrogens (tertiary/aromatic N) is 1. The highest BCUT2D eigenvalue weighted by atomic mass is 16.5. The van der Waals surface area contributed by atoms with Crippen LogP contribution in [0.3, 0.4) is 0 Å². The van der Waals surface area contributed by atoms with Crippen LogP contribution >= 0.6 is 0 Å². The minimum absolute atomic E-state index is 0.127. The summed E-state index contributed by atoms with van der Waals surface area (Å²) < 4.78 is 5.67. The van der Waals surface area contributed by atoms with Crippen molar-refractivity contribution in [1.82, 2.24) is 10.2 Å². The van der Waals surface area contributed by atoms with Crippen molar-refractivity contribution in [2.24, 2.45) is 0 Å². The molecule has 0 heterocycles. The number of aryl methyl sites for hydroxylation is 1. The van der Waals surface area contributed by atoms with E-state index in [0.29, 0.717) is 0 Å². The maximum absolute atomic E-state index is 11.2. The first-order chi connectivity index (χ1) is 17.4. The highest BCUT2D eigenvalue weighted by Crippen LogP contribution is 2.21. The van der Waals surface area contributed by atoms with Crippen LogP contribution in [0, 0.1) is 6.92 Å². The van der Waals surface area contributed by atoms with E-state index < -0.39 is 0 Å². The van der Waals surface area contributed by atoms with Crippen molar-refractivity contribution in [2.45, 2.75) is 53.4 Å². The standard InChI is InChI=1S/C14H14O2.C9H20N2.C8H8O/c1-11(15)12-6-5-9-14(10-12)16-13-7-3-2-4-8-13;1-5-7-11(8-6-2)9(3)10-4;1-7-4-2-3-5-8(7)6-9/h2-4,7-10H,5-6H2,1H3;10H,3,5-8H2,1-2,4H3;2-6H,1H3. The van der Waals surface area contributed by atoms with Gasteiger partial charge in [0.25, 0.3) is 0 Å². The number of ether oxygens (including phenoxy) is 1. The first kappa shape index (κ1) is 30.4. The third kappa shape index (κ3) is 11.7. The molecule has 36 heavy (non-hydrogen) atoms. The Morgan fingerprint density at radius 1 is 1.06 bits per heavy atom. The predicted octanol–water partition coefficient (Wildman–Crippen LogP) is 6.87. The summed E-state index contributed by atoms with van der Waals surface area (Å²) in [6.07, 6.45) is 8.76. The molecule has 1 aliphatic rings. The zero-order chi connectivity index (χ0) is 26.8. The number of ketones is 1. The monoisotopic (exact) mass is 490 g/mol. The molecule has 3 rings (SSSR count). The third-order valence-electron chi connectivity index (χ3n) is 5.48. The summed E-state index contributed by atoms with van der Waals surface area (Å²) in [6, 6.07) is 17.1. The van der Waals surface area contributed by atoms with Gasteiger partial charge in [0.05, 0.1) is 5.82 Å². The lowest BCUT2D eigenvalue weighted by molar-refractivity contribution is -0.113. The highest BCUT2D eigenvalue weighted by molar-refractivity contribution is 5.93. The number of rotatable bonds is 10. The molecule has 5 nitrogen and oxygen atoms in total. The van der Waals surface area contributed by atoms with Crippen molar-refractivity contribution in [2.75, 3.05) is 20.1 Å². The Morgan fingerprint density at radius 3 is 2.17 bits per heavy atom. The van der Waals surface area contributed by atoms with Gasteiger partial charge < -0.3 is 15.0 Å². The fourth-order valence-electron chi connectivity index (χ4n) is 3.44. The first-order valence-corrected chi connectivity index (χ1v) is 12.6. The zero-order valence-electron chi connectivity index (χ0n) is 22.5. The van der Waals surface area contributed by atoms with E-state index >= 15 is 0 Å². The van der Waals surface area contributed by atoms with Crippen molar-refractivity contribution < 1.29 is 14.3 Å². The van der Waals surface area contributed by atoms with Gasteiger partial charge >= 0.3 is 0 Å². The molecule has 0 saturated carbocycles. The van der Waals surface area contributed by atoms with E-state index in [1.54, 1.807) is 6.92 Å². The molecule has 0 fully saturated rings. The van der Waals surface area contributed by atoms with Crippen LogP contribution in [0.5, 0.6) is 5.75 Å². The van der Waals surface area contributed by atoms with E-state index in [9.17, 15) is 9.59 Å². The smallest absolute Gasteiger partial charge is 0.155 e. The largest absolute Gasteiger partial charge is 0.458 e. The van der Waals surface area contributed by atoms with Crippen LogP contribution in [-0.4, -0.2) is 37.1 Å². The SMILES string of the molecule is C=C(NC)N(CCC)CCC.CC(=O)C1=CC(Oc2ccccc2)=CCC1.Cc1ccccc1C=O. The van der Waals surface area contributed by atoms with Gasteiger partial charge in [-0.05, 0) is 75.0 Å². The second kappa shape index (κ2) is 17.8. The van der Waals surface area contributed by atoms with E-state index in [2.05, 4.69) is 30.6 Å². The van der Waals surface area contributed by atoms with Gasteiger partial charge in [0.1, 0.15) is 17.8 Å². The average Bonchev–Trinajstić information content (AvgIpc) is 2.90. The molecule has 0 atom stereocenters. The summed E-state index contributed by atoms with van der Waals surface area (Å²) in [5.74, 6) is 2.73. The number of carbonyl (C=O) groups is 2. The minimum atomic E-state index is 0.127. The summed E-state index contributed by atoms with van der Waals surface area (Å²) in [6.45, 7) is 14.0. The second-order valence-corrected chi connectivity index (χ2v) is 8.44. The molecule has 1 aliphatic carbocycles. The lowest BCUT2D eigenvalue weighted by Crippen LogP contribution is -2.30. The lowest BCUT2D eigenvalue weighted by atomic mass is 10.0. The van der Waals surface area contributed by atoms with Gasteiger partial charge in [0.15, 0.2) is 5.78 Å². The topological polar surface area (TPSA) is 58.6 Å². The maximum Gasteiger partial charge on any atom is 0.155 e. The van der Waals surface area contributed by atoms with E-state index in [-0.39, 0.29) is 5.78 Å². The summed E-state index contributed by atoms with van der Waals surface area (Å²) in [5.41, 5.74) is 2.65.